The molecule has 0 bridgehead atoms. The molecule has 0 saturated heterocycles. The Morgan fingerprint density at radius 1 is 1.38 bits per heavy atom. The number of benzene rings is 1. The third-order valence-corrected chi connectivity index (χ3v) is 3.25. The van der Waals surface area contributed by atoms with E-state index in [4.69, 9.17) is 0 Å². The molecule has 1 amide bonds. The van der Waals surface area contributed by atoms with E-state index in [1.165, 1.54) is 5.56 Å². The normalized spacial score (nSPS) is 12.2. The van der Waals surface area contributed by atoms with E-state index in [2.05, 4.69) is 13.8 Å². The molecule has 0 radical (unpaired) electrons. The monoisotopic (exact) mass is 219 g/mol. The molecule has 0 spiro atoms. The second-order valence-corrected chi connectivity index (χ2v) is 4.37. The lowest BCUT2D eigenvalue weighted by atomic mass is 10.0. The number of carbonyl (C=O) groups is 1. The molecule has 88 valence electrons. The number of amides is 1. The highest BCUT2D eigenvalue weighted by molar-refractivity contribution is 5.79. The van der Waals surface area contributed by atoms with Gasteiger partial charge in [-0.1, -0.05) is 31.2 Å². The summed E-state index contributed by atoms with van der Waals surface area (Å²) in [7, 11) is 1.88. The van der Waals surface area contributed by atoms with Crippen molar-refractivity contribution in [3.8, 4) is 0 Å². The van der Waals surface area contributed by atoms with Gasteiger partial charge in [0.15, 0.2) is 0 Å². The Kier molecular flexibility index (Phi) is 4.53. The lowest BCUT2D eigenvalue weighted by Gasteiger charge is -2.24. The summed E-state index contributed by atoms with van der Waals surface area (Å²) in [5, 5.41) is 0. The van der Waals surface area contributed by atoms with E-state index in [9.17, 15) is 4.79 Å². The van der Waals surface area contributed by atoms with Crippen molar-refractivity contribution in [2.75, 3.05) is 7.05 Å². The first-order chi connectivity index (χ1) is 7.56. The van der Waals surface area contributed by atoms with Crippen LogP contribution in [-0.2, 0) is 11.2 Å². The van der Waals surface area contributed by atoms with Crippen LogP contribution in [0.3, 0.4) is 0 Å². The van der Waals surface area contributed by atoms with Gasteiger partial charge in [0.2, 0.25) is 5.91 Å². The molecule has 1 atom stereocenters. The molecule has 0 aliphatic carbocycles. The molecule has 2 heteroatoms. The Bertz CT molecular complexity index is 360. The van der Waals surface area contributed by atoms with Crippen molar-refractivity contribution in [3.63, 3.8) is 0 Å². The number of carbonyl (C=O) groups excluding carboxylic acids is 1. The van der Waals surface area contributed by atoms with E-state index in [0.29, 0.717) is 12.5 Å². The van der Waals surface area contributed by atoms with Crippen LogP contribution in [0.4, 0.5) is 0 Å². The fourth-order valence-electron chi connectivity index (χ4n) is 1.62. The highest BCUT2D eigenvalue weighted by Gasteiger charge is 2.14. The molecule has 1 unspecified atom stereocenters. The van der Waals surface area contributed by atoms with Crippen molar-refractivity contribution in [3.05, 3.63) is 35.4 Å². The van der Waals surface area contributed by atoms with Gasteiger partial charge in [-0.15, -0.1) is 0 Å². The lowest BCUT2D eigenvalue weighted by Crippen LogP contribution is -2.35. The second kappa shape index (κ2) is 5.69. The molecule has 0 aromatic heterocycles. The zero-order valence-electron chi connectivity index (χ0n) is 10.7. The van der Waals surface area contributed by atoms with Crippen molar-refractivity contribution >= 4 is 5.91 Å². The zero-order chi connectivity index (χ0) is 12.1. The molecule has 16 heavy (non-hydrogen) atoms. The largest absolute Gasteiger partial charge is 0.343 e. The van der Waals surface area contributed by atoms with Gasteiger partial charge >= 0.3 is 0 Å². The van der Waals surface area contributed by atoms with Crippen LogP contribution in [0.5, 0.6) is 0 Å². The number of likely N-dealkylation sites (N-methyl/N-ethyl adjacent to an activating group) is 1. The maximum atomic E-state index is 12.0. The van der Waals surface area contributed by atoms with E-state index in [0.717, 1.165) is 12.0 Å². The van der Waals surface area contributed by atoms with Crippen molar-refractivity contribution < 1.29 is 4.79 Å². The Hall–Kier alpha value is -1.31. The first-order valence-corrected chi connectivity index (χ1v) is 5.86. The summed E-state index contributed by atoms with van der Waals surface area (Å²) in [5.41, 5.74) is 2.32. The third-order valence-electron chi connectivity index (χ3n) is 3.25. The van der Waals surface area contributed by atoms with E-state index >= 15 is 0 Å². The lowest BCUT2D eigenvalue weighted by molar-refractivity contribution is -0.131. The minimum Gasteiger partial charge on any atom is -0.343 e. The summed E-state index contributed by atoms with van der Waals surface area (Å²) < 4.78 is 0. The van der Waals surface area contributed by atoms with E-state index in [1.807, 2.05) is 43.1 Å². The maximum absolute atomic E-state index is 12.0. The van der Waals surface area contributed by atoms with Gasteiger partial charge in [0.25, 0.3) is 0 Å². The van der Waals surface area contributed by atoms with Gasteiger partial charge in [0.1, 0.15) is 0 Å². The predicted molar refractivity (Wildman–Crippen MR) is 67.4 cm³/mol. The van der Waals surface area contributed by atoms with Crippen molar-refractivity contribution in [2.45, 2.75) is 39.7 Å². The second-order valence-electron chi connectivity index (χ2n) is 4.37. The van der Waals surface area contributed by atoms with Gasteiger partial charge in [-0.05, 0) is 31.4 Å². The Labute approximate surface area is 98.3 Å². The molecule has 1 rings (SSSR count). The fourth-order valence-corrected chi connectivity index (χ4v) is 1.62. The third kappa shape index (κ3) is 3.09. The molecule has 0 saturated carbocycles. The van der Waals surface area contributed by atoms with Gasteiger partial charge in [0.05, 0.1) is 6.42 Å². The highest BCUT2D eigenvalue weighted by atomic mass is 16.2. The topological polar surface area (TPSA) is 20.3 Å². The SMILES string of the molecule is CCC(C)N(C)C(=O)Cc1ccccc1C. The Balaban J connectivity index is 2.68. The summed E-state index contributed by atoms with van der Waals surface area (Å²) in [5.74, 6) is 0.198. The summed E-state index contributed by atoms with van der Waals surface area (Å²) in [6, 6.07) is 8.38. The first kappa shape index (κ1) is 12.8. The molecule has 0 fully saturated rings. The van der Waals surface area contributed by atoms with E-state index in [1.54, 1.807) is 0 Å². The van der Waals surface area contributed by atoms with Crippen molar-refractivity contribution in [1.29, 1.82) is 0 Å². The molecule has 1 aromatic carbocycles. The van der Waals surface area contributed by atoms with Crippen LogP contribution in [-0.4, -0.2) is 23.9 Å². The number of rotatable bonds is 4. The molecule has 0 heterocycles. The summed E-state index contributed by atoms with van der Waals surface area (Å²) in [4.78, 5) is 13.8. The van der Waals surface area contributed by atoms with E-state index in [-0.39, 0.29) is 5.91 Å². The van der Waals surface area contributed by atoms with Crippen LogP contribution in [0.25, 0.3) is 0 Å². The van der Waals surface area contributed by atoms with Gasteiger partial charge in [-0.2, -0.15) is 0 Å². The summed E-state index contributed by atoms with van der Waals surface area (Å²) in [6.07, 6.45) is 1.50. The van der Waals surface area contributed by atoms with Gasteiger partial charge in [-0.25, -0.2) is 0 Å². The van der Waals surface area contributed by atoms with Crippen LogP contribution in [0, 0.1) is 6.92 Å². The number of aryl methyl sites for hydroxylation is 1. The van der Waals surface area contributed by atoms with E-state index < -0.39 is 0 Å². The fraction of sp³-hybridized carbons (Fsp3) is 0.500. The van der Waals surface area contributed by atoms with Gasteiger partial charge in [0, 0.05) is 13.1 Å². The zero-order valence-corrected chi connectivity index (χ0v) is 10.7. The average molecular weight is 219 g/mol. The van der Waals surface area contributed by atoms with Crippen LogP contribution >= 0.6 is 0 Å². The number of nitrogens with zero attached hydrogens (tertiary/aromatic N) is 1. The smallest absolute Gasteiger partial charge is 0.226 e. The highest BCUT2D eigenvalue weighted by Crippen LogP contribution is 2.10. The van der Waals surface area contributed by atoms with Crippen molar-refractivity contribution in [1.82, 2.24) is 4.90 Å². The maximum Gasteiger partial charge on any atom is 0.226 e. The van der Waals surface area contributed by atoms with Gasteiger partial charge < -0.3 is 4.90 Å². The molecule has 2 nitrogen and oxygen atoms in total. The number of hydrogen-bond donors (Lipinski definition) is 0. The van der Waals surface area contributed by atoms with Crippen LogP contribution < -0.4 is 0 Å². The summed E-state index contributed by atoms with van der Waals surface area (Å²) in [6.45, 7) is 6.23. The molecule has 1 aromatic rings. The predicted octanol–water partition coefficient (Wildman–Crippen LogP) is 2.79. The van der Waals surface area contributed by atoms with Crippen LogP contribution in [0.2, 0.25) is 0 Å². The van der Waals surface area contributed by atoms with Gasteiger partial charge in [-0.3, -0.25) is 4.79 Å². The molecule has 0 aliphatic heterocycles. The number of hydrogen-bond acceptors (Lipinski definition) is 1. The Morgan fingerprint density at radius 2 is 2.00 bits per heavy atom. The first-order valence-electron chi connectivity index (χ1n) is 5.86. The molecule has 0 aliphatic rings. The molecular weight excluding hydrogens is 198 g/mol. The average Bonchev–Trinajstić information content (AvgIpc) is 2.30. The Morgan fingerprint density at radius 3 is 2.56 bits per heavy atom. The van der Waals surface area contributed by atoms with Crippen LogP contribution in [0.15, 0.2) is 24.3 Å². The molecular formula is C14H21NO. The van der Waals surface area contributed by atoms with Crippen molar-refractivity contribution in [2.24, 2.45) is 0 Å². The molecule has 0 N–H and O–H groups in total. The minimum atomic E-state index is 0.198. The standard InChI is InChI=1S/C14H21NO/c1-5-12(3)15(4)14(16)10-13-9-7-6-8-11(13)2/h6-9,12H,5,10H2,1-4H3. The summed E-state index contributed by atoms with van der Waals surface area (Å²) >= 11 is 0. The minimum absolute atomic E-state index is 0.198. The quantitative estimate of drug-likeness (QED) is 0.762. The van der Waals surface area contributed by atoms with Crippen LogP contribution in [0.1, 0.15) is 31.4 Å².